The minimum absolute atomic E-state index is 0.123. The first kappa shape index (κ1) is 30.2. The lowest BCUT2D eigenvalue weighted by Gasteiger charge is -2.28. The zero-order valence-electron chi connectivity index (χ0n) is 21.9. The lowest BCUT2D eigenvalue weighted by Crippen LogP contribution is -2.44. The molecule has 0 aliphatic carbocycles. The van der Waals surface area contributed by atoms with E-state index in [1.165, 1.54) is 4.90 Å². The van der Waals surface area contributed by atoms with E-state index in [9.17, 15) is 9.59 Å². The number of nitrogens with zero attached hydrogens (tertiary/aromatic N) is 2. The number of hydrogen-bond acceptors (Lipinski definition) is 3. The first-order valence-corrected chi connectivity index (χ1v) is 14.3. The van der Waals surface area contributed by atoms with E-state index in [0.717, 1.165) is 22.0 Å². The number of aromatic nitrogens is 1. The molecular weight excluding hydrogens is 592 g/mol. The molecule has 0 saturated heterocycles. The molecule has 3 aromatic carbocycles. The van der Waals surface area contributed by atoms with E-state index >= 15 is 0 Å². The molecule has 210 valence electrons. The summed E-state index contributed by atoms with van der Waals surface area (Å²) in [4.78, 5) is 33.8. The van der Waals surface area contributed by atoms with Crippen molar-refractivity contribution in [3.63, 3.8) is 0 Å². The highest BCUT2D eigenvalue weighted by atomic mass is 35.5. The molecule has 0 bridgehead atoms. The standard InChI is InChI=1S/C30H29Cl4N3O3/c1-40-12-4-10-37(30(39)22-14-23(31)16-24(32)15-22)19-29(38)36(18-20-7-8-26(33)27(34)13-20)11-9-21-17-35-28-6-3-2-5-25(21)28/h2-3,5-8,13-17,35H,4,9-12,18-19H2,1H3. The van der Waals surface area contributed by atoms with Crippen LogP contribution in [0.2, 0.25) is 20.1 Å². The number of benzene rings is 3. The Bertz CT molecular complexity index is 1470. The average molecular weight is 621 g/mol. The van der Waals surface area contributed by atoms with Crippen molar-refractivity contribution in [3.8, 4) is 0 Å². The minimum atomic E-state index is -0.333. The molecule has 0 radical (unpaired) electrons. The second-order valence-corrected chi connectivity index (χ2v) is 11.1. The monoisotopic (exact) mass is 619 g/mol. The zero-order chi connectivity index (χ0) is 28.6. The lowest BCUT2D eigenvalue weighted by molar-refractivity contribution is -0.132. The van der Waals surface area contributed by atoms with Gasteiger partial charge in [-0.25, -0.2) is 0 Å². The fraction of sp³-hybridized carbons (Fsp3) is 0.267. The average Bonchev–Trinajstić information content (AvgIpc) is 3.34. The summed E-state index contributed by atoms with van der Waals surface area (Å²) in [5.41, 5.74) is 3.29. The number of H-pyrrole nitrogens is 1. The molecule has 1 N–H and O–H groups in total. The fourth-order valence-corrected chi connectivity index (χ4v) is 5.37. The van der Waals surface area contributed by atoms with Crippen molar-refractivity contribution in [2.45, 2.75) is 19.4 Å². The maximum atomic E-state index is 13.8. The van der Waals surface area contributed by atoms with Crippen LogP contribution in [0.5, 0.6) is 0 Å². The van der Waals surface area contributed by atoms with Crippen molar-refractivity contribution >= 4 is 69.1 Å². The number of para-hydroxylation sites is 1. The Balaban J connectivity index is 1.58. The molecule has 0 fully saturated rings. The number of halogens is 4. The van der Waals surface area contributed by atoms with Gasteiger partial charge in [0, 0.05) is 66.1 Å². The number of ether oxygens (including phenoxy) is 1. The maximum Gasteiger partial charge on any atom is 0.254 e. The summed E-state index contributed by atoms with van der Waals surface area (Å²) < 4.78 is 5.18. The number of fused-ring (bicyclic) bond motifs is 1. The van der Waals surface area contributed by atoms with Gasteiger partial charge in [-0.05, 0) is 60.4 Å². The molecule has 0 aliphatic rings. The number of hydrogen-bond donors (Lipinski definition) is 1. The van der Waals surface area contributed by atoms with Gasteiger partial charge in [0.2, 0.25) is 5.91 Å². The van der Waals surface area contributed by atoms with E-state index in [4.69, 9.17) is 51.1 Å². The molecule has 0 unspecified atom stereocenters. The van der Waals surface area contributed by atoms with E-state index in [1.807, 2.05) is 30.5 Å². The van der Waals surface area contributed by atoms with Crippen molar-refractivity contribution in [2.75, 3.05) is 33.4 Å². The van der Waals surface area contributed by atoms with E-state index in [1.54, 1.807) is 42.3 Å². The Morgan fingerprint density at radius 2 is 1.62 bits per heavy atom. The van der Waals surface area contributed by atoms with Crippen LogP contribution in [0.4, 0.5) is 0 Å². The third kappa shape index (κ3) is 7.93. The molecule has 1 heterocycles. The zero-order valence-corrected chi connectivity index (χ0v) is 25.0. The van der Waals surface area contributed by atoms with E-state index in [-0.39, 0.29) is 18.4 Å². The molecule has 0 aliphatic heterocycles. The first-order chi connectivity index (χ1) is 19.2. The lowest BCUT2D eigenvalue weighted by atomic mass is 10.1. The third-order valence-corrected chi connectivity index (χ3v) is 7.71. The number of carbonyl (C=O) groups excluding carboxylic acids is 2. The highest BCUT2D eigenvalue weighted by molar-refractivity contribution is 6.42. The Hall–Kier alpha value is -2.74. The van der Waals surface area contributed by atoms with Gasteiger partial charge in [0.15, 0.2) is 0 Å². The molecule has 4 rings (SSSR count). The van der Waals surface area contributed by atoms with Gasteiger partial charge < -0.3 is 19.5 Å². The summed E-state index contributed by atoms with van der Waals surface area (Å²) in [6, 6.07) is 18.0. The normalized spacial score (nSPS) is 11.1. The molecule has 0 saturated carbocycles. The van der Waals surface area contributed by atoms with Crippen LogP contribution in [0.1, 0.15) is 27.9 Å². The summed E-state index contributed by atoms with van der Waals surface area (Å²) >= 11 is 24.7. The van der Waals surface area contributed by atoms with Crippen molar-refractivity contribution in [3.05, 3.63) is 104 Å². The second kappa shape index (κ2) is 14.2. The molecule has 4 aromatic rings. The predicted octanol–water partition coefficient (Wildman–Crippen LogP) is 7.53. The quantitative estimate of drug-likeness (QED) is 0.166. The van der Waals surface area contributed by atoms with Crippen LogP contribution in [0.15, 0.2) is 66.9 Å². The van der Waals surface area contributed by atoms with Crippen LogP contribution in [0, 0.1) is 0 Å². The topological polar surface area (TPSA) is 65.6 Å². The Morgan fingerprint density at radius 1 is 0.875 bits per heavy atom. The van der Waals surface area contributed by atoms with Gasteiger partial charge in [-0.2, -0.15) is 0 Å². The SMILES string of the molecule is COCCCN(CC(=O)N(CCc1c[nH]c2ccccc12)Cc1ccc(Cl)c(Cl)c1)C(=O)c1cc(Cl)cc(Cl)c1. The highest BCUT2D eigenvalue weighted by Gasteiger charge is 2.23. The molecule has 2 amide bonds. The van der Waals surface area contributed by atoms with E-state index < -0.39 is 0 Å². The van der Waals surface area contributed by atoms with Crippen LogP contribution in [0.3, 0.4) is 0 Å². The molecule has 0 atom stereocenters. The summed E-state index contributed by atoms with van der Waals surface area (Å²) in [6.45, 7) is 1.39. The van der Waals surface area contributed by atoms with Crippen molar-refractivity contribution in [1.29, 1.82) is 0 Å². The molecule has 0 spiro atoms. The molecule has 1 aromatic heterocycles. The van der Waals surface area contributed by atoms with Gasteiger partial charge in [0.05, 0.1) is 10.0 Å². The third-order valence-electron chi connectivity index (χ3n) is 6.54. The Kier molecular flexibility index (Phi) is 10.8. The largest absolute Gasteiger partial charge is 0.385 e. The highest BCUT2D eigenvalue weighted by Crippen LogP contribution is 2.25. The van der Waals surface area contributed by atoms with Crippen LogP contribution >= 0.6 is 46.4 Å². The summed E-state index contributed by atoms with van der Waals surface area (Å²) in [5, 5.41) is 2.66. The minimum Gasteiger partial charge on any atom is -0.385 e. The maximum absolute atomic E-state index is 13.8. The van der Waals surface area contributed by atoms with E-state index in [2.05, 4.69) is 11.1 Å². The van der Waals surface area contributed by atoms with Crippen LogP contribution in [0.25, 0.3) is 10.9 Å². The summed E-state index contributed by atoms with van der Waals surface area (Å²) in [5.74, 6) is -0.537. The number of amides is 2. The van der Waals surface area contributed by atoms with Crippen molar-refractivity contribution in [2.24, 2.45) is 0 Å². The van der Waals surface area contributed by atoms with E-state index in [0.29, 0.717) is 64.7 Å². The second-order valence-electron chi connectivity index (χ2n) is 9.40. The molecule has 6 nitrogen and oxygen atoms in total. The number of methoxy groups -OCH3 is 1. The summed E-state index contributed by atoms with van der Waals surface area (Å²) in [6.07, 6.45) is 3.15. The Morgan fingerprint density at radius 3 is 2.35 bits per heavy atom. The van der Waals surface area contributed by atoms with Gasteiger partial charge in [-0.1, -0.05) is 70.7 Å². The molecular formula is C30H29Cl4N3O3. The van der Waals surface area contributed by atoms with Gasteiger partial charge in [0.1, 0.15) is 6.54 Å². The van der Waals surface area contributed by atoms with Gasteiger partial charge in [-0.15, -0.1) is 0 Å². The van der Waals surface area contributed by atoms with Crippen LogP contribution in [-0.4, -0.2) is 59.9 Å². The number of carbonyl (C=O) groups is 2. The predicted molar refractivity (Wildman–Crippen MR) is 163 cm³/mol. The first-order valence-electron chi connectivity index (χ1n) is 12.8. The molecule has 40 heavy (non-hydrogen) atoms. The summed E-state index contributed by atoms with van der Waals surface area (Å²) in [7, 11) is 1.59. The number of aromatic amines is 1. The van der Waals surface area contributed by atoms with Crippen molar-refractivity contribution in [1.82, 2.24) is 14.8 Å². The van der Waals surface area contributed by atoms with Crippen LogP contribution in [-0.2, 0) is 22.5 Å². The van der Waals surface area contributed by atoms with Gasteiger partial charge in [-0.3, -0.25) is 9.59 Å². The smallest absolute Gasteiger partial charge is 0.254 e. The van der Waals surface area contributed by atoms with Crippen molar-refractivity contribution < 1.29 is 14.3 Å². The van der Waals surface area contributed by atoms with Crippen LogP contribution < -0.4 is 0 Å². The van der Waals surface area contributed by atoms with Gasteiger partial charge in [0.25, 0.3) is 5.91 Å². The van der Waals surface area contributed by atoms with Gasteiger partial charge >= 0.3 is 0 Å². The number of rotatable bonds is 12. The number of nitrogens with one attached hydrogen (secondary N) is 1. The fourth-order valence-electron chi connectivity index (χ4n) is 4.52. The Labute approximate surface area is 253 Å². The molecule has 10 heteroatoms.